The van der Waals surface area contributed by atoms with Crippen molar-refractivity contribution in [3.63, 3.8) is 0 Å². The number of alkyl halides is 9. The normalized spacial score (nSPS) is 25.6. The molecule has 0 bridgehead atoms. The molecule has 2 aromatic carbocycles. The molecule has 3 aliphatic rings. The van der Waals surface area contributed by atoms with Gasteiger partial charge in [0.1, 0.15) is 12.4 Å². The average molecular weight is 739 g/mol. The van der Waals surface area contributed by atoms with Crippen LogP contribution in [0.5, 0.6) is 5.75 Å². The fraction of sp³-hybridized carbons (Fsp3) is 0.606. The third-order valence-corrected chi connectivity index (χ3v) is 10.6. The van der Waals surface area contributed by atoms with Crippen molar-refractivity contribution in [2.24, 2.45) is 17.3 Å². The van der Waals surface area contributed by atoms with Crippen LogP contribution in [0.2, 0.25) is 0 Å². The number of carbonyl (C=O) groups excluding carboxylic acids is 1. The molecule has 278 valence electrons. The monoisotopic (exact) mass is 738 g/mol. The van der Waals surface area contributed by atoms with Crippen molar-refractivity contribution in [1.82, 2.24) is 0 Å². The highest BCUT2D eigenvalue weighted by Crippen LogP contribution is 2.62. The Hall–Kier alpha value is -3.08. The van der Waals surface area contributed by atoms with Gasteiger partial charge < -0.3 is 14.2 Å². The van der Waals surface area contributed by atoms with Crippen LogP contribution in [0.1, 0.15) is 78.4 Å². The molecule has 0 N–H and O–H groups in total. The second-order valence-electron chi connectivity index (χ2n) is 13.2. The molecule has 2 aromatic rings. The summed E-state index contributed by atoms with van der Waals surface area (Å²) in [6, 6.07) is 5.04. The van der Waals surface area contributed by atoms with Crippen LogP contribution in [0.4, 0.5) is 57.1 Å². The number of rotatable bonds is 10. The lowest BCUT2D eigenvalue weighted by Crippen LogP contribution is -2.67. The second kappa shape index (κ2) is 13.5. The van der Waals surface area contributed by atoms with Crippen LogP contribution >= 0.6 is 0 Å². The van der Waals surface area contributed by atoms with E-state index in [1.807, 2.05) is 6.92 Å². The van der Waals surface area contributed by atoms with Gasteiger partial charge in [-0.3, -0.25) is 4.79 Å². The summed E-state index contributed by atoms with van der Waals surface area (Å²) in [5.74, 6) is -6.53. The lowest BCUT2D eigenvalue weighted by molar-refractivity contribution is -0.457. The summed E-state index contributed by atoms with van der Waals surface area (Å²) in [5.41, 5.74) is -7.19. The van der Waals surface area contributed by atoms with Crippen LogP contribution in [0.15, 0.2) is 18.2 Å². The summed E-state index contributed by atoms with van der Waals surface area (Å²) < 4.78 is 190. The van der Waals surface area contributed by atoms with E-state index in [4.69, 9.17) is 9.47 Å². The minimum Gasteiger partial charge on any atom is -0.489 e. The minimum absolute atomic E-state index is 0.104. The van der Waals surface area contributed by atoms with Gasteiger partial charge in [-0.2, -0.15) is 39.5 Å². The molecule has 5 atom stereocenters. The van der Waals surface area contributed by atoms with Crippen molar-refractivity contribution in [3.8, 4) is 5.75 Å². The number of halogens is 13. The Labute approximate surface area is 277 Å². The van der Waals surface area contributed by atoms with Gasteiger partial charge in [-0.15, -0.1) is 0 Å². The predicted octanol–water partition coefficient (Wildman–Crippen LogP) is 9.71. The van der Waals surface area contributed by atoms with Crippen molar-refractivity contribution in [2.45, 2.75) is 94.6 Å². The van der Waals surface area contributed by atoms with Crippen LogP contribution in [-0.2, 0) is 22.5 Å². The molecule has 0 aliphatic heterocycles. The number of hydrogen-bond acceptors (Lipinski definition) is 4. The summed E-state index contributed by atoms with van der Waals surface area (Å²) >= 11 is 0. The fourth-order valence-corrected chi connectivity index (χ4v) is 8.19. The smallest absolute Gasteiger partial charge is 0.435 e. The zero-order valence-electron chi connectivity index (χ0n) is 26.2. The first kappa shape index (κ1) is 38.2. The Kier molecular flexibility index (Phi) is 10.3. The summed E-state index contributed by atoms with van der Waals surface area (Å²) in [7, 11) is 0. The largest absolute Gasteiger partial charge is 0.489 e. The Morgan fingerprint density at radius 1 is 0.820 bits per heavy atom. The van der Waals surface area contributed by atoms with Crippen LogP contribution < -0.4 is 4.74 Å². The standard InChI is InChI=1S/C33H31F13O4/c1-29-10-9-19-18-6-4-17(49-15-22-27(36)25(34)21(14-47)26(35)28(22)37)13-16(18)3-5-20(19)23(29)7-8-24(29)48-11-2-12-50-30(31(38,39)40,32(41,42)43)33(44,45)46/h4,6,13-14,19-20,23-24H,2-3,5,7-12,15H2,1H3/t19-,20-,23+,24+,29+/m1/s1. The van der Waals surface area contributed by atoms with Gasteiger partial charge in [0.25, 0.3) is 0 Å². The average Bonchev–Trinajstić information content (AvgIpc) is 3.35. The first-order valence-corrected chi connectivity index (χ1v) is 15.7. The molecule has 0 amide bonds. The van der Waals surface area contributed by atoms with E-state index in [9.17, 15) is 61.9 Å². The van der Waals surface area contributed by atoms with Crippen molar-refractivity contribution in [3.05, 3.63) is 63.7 Å². The molecule has 0 radical (unpaired) electrons. The van der Waals surface area contributed by atoms with Crippen LogP contribution in [0.25, 0.3) is 0 Å². The van der Waals surface area contributed by atoms with Gasteiger partial charge in [0.15, 0.2) is 29.6 Å². The van der Waals surface area contributed by atoms with Gasteiger partial charge in [0.05, 0.1) is 23.8 Å². The highest BCUT2D eigenvalue weighted by atomic mass is 19.4. The molecule has 0 saturated heterocycles. The maximum atomic E-state index is 14.3. The molecule has 2 saturated carbocycles. The van der Waals surface area contributed by atoms with E-state index >= 15 is 0 Å². The third kappa shape index (κ3) is 6.34. The van der Waals surface area contributed by atoms with Crippen molar-refractivity contribution in [1.29, 1.82) is 0 Å². The van der Waals surface area contributed by atoms with E-state index in [-0.39, 0.29) is 29.8 Å². The first-order chi connectivity index (χ1) is 23.2. The molecule has 0 aromatic heterocycles. The van der Waals surface area contributed by atoms with E-state index in [1.54, 1.807) is 18.2 Å². The first-order valence-electron chi connectivity index (χ1n) is 15.7. The lowest BCUT2D eigenvalue weighted by Gasteiger charge is -2.50. The molecule has 4 nitrogen and oxygen atoms in total. The number of carbonyl (C=O) groups is 1. The van der Waals surface area contributed by atoms with Gasteiger partial charge in [0.2, 0.25) is 0 Å². The fourth-order valence-electron chi connectivity index (χ4n) is 8.19. The molecule has 5 rings (SSSR count). The summed E-state index contributed by atoms with van der Waals surface area (Å²) in [6.07, 6.45) is -17.9. The van der Waals surface area contributed by atoms with E-state index in [2.05, 4.69) is 4.74 Å². The molecule has 0 heterocycles. The molecule has 17 heteroatoms. The molecule has 2 fully saturated rings. The van der Waals surface area contributed by atoms with Crippen molar-refractivity contribution < 1.29 is 76.1 Å². The molecule has 3 aliphatic carbocycles. The summed E-state index contributed by atoms with van der Waals surface area (Å²) in [5, 5.41) is 0. The van der Waals surface area contributed by atoms with Crippen molar-refractivity contribution in [2.75, 3.05) is 13.2 Å². The number of aryl methyl sites for hydroxylation is 1. The highest BCUT2D eigenvalue weighted by molar-refractivity contribution is 5.76. The van der Waals surface area contributed by atoms with Gasteiger partial charge in [-0.05, 0) is 91.4 Å². The third-order valence-electron chi connectivity index (χ3n) is 10.6. The maximum absolute atomic E-state index is 14.3. The summed E-state index contributed by atoms with van der Waals surface area (Å²) in [6.45, 7) is -0.771. The van der Waals surface area contributed by atoms with Gasteiger partial charge in [-0.1, -0.05) is 13.0 Å². The minimum atomic E-state index is -6.80. The molecule has 50 heavy (non-hydrogen) atoms. The zero-order valence-corrected chi connectivity index (χ0v) is 26.2. The number of hydrogen-bond donors (Lipinski definition) is 0. The number of ether oxygens (including phenoxy) is 3. The van der Waals surface area contributed by atoms with Gasteiger partial charge in [0, 0.05) is 6.61 Å². The van der Waals surface area contributed by atoms with Crippen molar-refractivity contribution >= 4 is 6.29 Å². The second-order valence-corrected chi connectivity index (χ2v) is 13.2. The highest BCUT2D eigenvalue weighted by Gasteiger charge is 2.85. The van der Waals surface area contributed by atoms with E-state index in [1.165, 1.54) is 0 Å². The molecule has 0 spiro atoms. The molecular weight excluding hydrogens is 707 g/mol. The Bertz CT molecular complexity index is 1520. The number of aldehydes is 1. The maximum Gasteiger partial charge on any atom is 0.435 e. The van der Waals surface area contributed by atoms with E-state index in [0.29, 0.717) is 32.1 Å². The Morgan fingerprint density at radius 3 is 2.02 bits per heavy atom. The predicted molar refractivity (Wildman–Crippen MR) is 148 cm³/mol. The van der Waals surface area contributed by atoms with Gasteiger partial charge >= 0.3 is 24.1 Å². The van der Waals surface area contributed by atoms with Crippen LogP contribution in [0.3, 0.4) is 0 Å². The zero-order chi connectivity index (χ0) is 37.0. The lowest BCUT2D eigenvalue weighted by atomic mass is 9.55. The van der Waals surface area contributed by atoms with Gasteiger partial charge in [-0.25, -0.2) is 17.6 Å². The topological polar surface area (TPSA) is 44.8 Å². The number of fused-ring (bicyclic) bond motifs is 5. The molecular formula is C33H31F13O4. The quantitative estimate of drug-likeness (QED) is 0.105. The number of benzene rings is 2. The van der Waals surface area contributed by atoms with E-state index < -0.39 is 96.3 Å². The Morgan fingerprint density at radius 2 is 1.44 bits per heavy atom. The van der Waals surface area contributed by atoms with Crippen LogP contribution in [0, 0.1) is 40.5 Å². The van der Waals surface area contributed by atoms with Crippen LogP contribution in [-0.4, -0.2) is 49.7 Å². The summed E-state index contributed by atoms with van der Waals surface area (Å²) in [4.78, 5) is 10.8. The van der Waals surface area contributed by atoms with E-state index in [0.717, 1.165) is 17.5 Å². The Balaban J connectivity index is 1.20. The molecule has 0 unspecified atom stereocenters. The SMILES string of the molecule is C[C@]12CC[C@@H]3c4ccc(OCc5c(F)c(F)c(C=O)c(F)c5F)cc4CC[C@H]3[C@@H]1CC[C@@H]2OCCCOC(C(F)(F)F)(C(F)(F)F)C(F)(F)F.